The number of nitrogens with zero attached hydrogens (tertiary/aromatic N) is 3. The molecule has 11 rings (SSSR count). The molecular weight excluding hydrogens is 619 g/mol. The summed E-state index contributed by atoms with van der Waals surface area (Å²) < 4.78 is 2.25. The SMILES string of the molecule is c1ccc2c(-c3ccc(-c4nc(-n5c6ccccc6c6cc7c(ccc8c9ccccc9ccc78)cc65)nc5ccccc45)cc3)cccc2c1. The van der Waals surface area contributed by atoms with Crippen LogP contribution in [0.3, 0.4) is 0 Å². The van der Waals surface area contributed by atoms with E-state index in [4.69, 9.17) is 9.97 Å². The predicted molar refractivity (Wildman–Crippen MR) is 215 cm³/mol. The lowest BCUT2D eigenvalue weighted by atomic mass is 9.96. The van der Waals surface area contributed by atoms with Crippen molar-refractivity contribution < 1.29 is 0 Å². The highest BCUT2D eigenvalue weighted by molar-refractivity contribution is 6.22. The van der Waals surface area contributed by atoms with Crippen LogP contribution in [0.4, 0.5) is 0 Å². The minimum absolute atomic E-state index is 0.666. The molecule has 0 fully saturated rings. The Kier molecular flexibility index (Phi) is 5.96. The van der Waals surface area contributed by atoms with Crippen molar-refractivity contribution in [3.8, 4) is 28.3 Å². The Morgan fingerprint density at radius 3 is 1.80 bits per heavy atom. The van der Waals surface area contributed by atoms with E-state index in [-0.39, 0.29) is 0 Å². The molecule has 0 amide bonds. The molecule has 0 saturated carbocycles. The van der Waals surface area contributed by atoms with Crippen LogP contribution in [0.25, 0.3) is 104 Å². The Morgan fingerprint density at radius 2 is 0.961 bits per heavy atom. The lowest BCUT2D eigenvalue weighted by Gasteiger charge is -2.13. The summed E-state index contributed by atoms with van der Waals surface area (Å²) in [4.78, 5) is 10.6. The summed E-state index contributed by atoms with van der Waals surface area (Å²) in [5.41, 5.74) is 7.49. The van der Waals surface area contributed by atoms with Gasteiger partial charge >= 0.3 is 0 Å². The van der Waals surface area contributed by atoms with Gasteiger partial charge in [-0.3, -0.25) is 4.57 Å². The van der Waals surface area contributed by atoms with E-state index in [0.717, 1.165) is 33.2 Å². The topological polar surface area (TPSA) is 30.7 Å². The summed E-state index contributed by atoms with van der Waals surface area (Å²) in [5, 5.41) is 13.4. The molecule has 9 aromatic carbocycles. The summed E-state index contributed by atoms with van der Waals surface area (Å²) in [6, 6.07) is 63.2. The van der Waals surface area contributed by atoms with Crippen molar-refractivity contribution >= 4 is 75.8 Å². The lowest BCUT2D eigenvalue weighted by Crippen LogP contribution is -2.03. The fraction of sp³-hybridized carbons (Fsp3) is 0. The van der Waals surface area contributed by atoms with Crippen molar-refractivity contribution in [1.29, 1.82) is 0 Å². The van der Waals surface area contributed by atoms with Crippen LogP contribution >= 0.6 is 0 Å². The zero-order valence-electron chi connectivity index (χ0n) is 27.6. The highest BCUT2D eigenvalue weighted by Crippen LogP contribution is 2.39. The number of fused-ring (bicyclic) bond motifs is 10. The van der Waals surface area contributed by atoms with E-state index in [2.05, 4.69) is 180 Å². The summed E-state index contributed by atoms with van der Waals surface area (Å²) in [5.74, 6) is 0.666. The van der Waals surface area contributed by atoms with Gasteiger partial charge in [0.1, 0.15) is 0 Å². The van der Waals surface area contributed by atoms with Gasteiger partial charge < -0.3 is 0 Å². The van der Waals surface area contributed by atoms with Crippen LogP contribution in [0.15, 0.2) is 176 Å². The zero-order valence-corrected chi connectivity index (χ0v) is 27.6. The molecule has 11 aromatic rings. The summed E-state index contributed by atoms with van der Waals surface area (Å²) in [7, 11) is 0. The van der Waals surface area contributed by atoms with Crippen LogP contribution in [-0.4, -0.2) is 14.5 Å². The van der Waals surface area contributed by atoms with Crippen LogP contribution in [0.5, 0.6) is 0 Å². The van der Waals surface area contributed by atoms with Crippen LogP contribution in [0.2, 0.25) is 0 Å². The van der Waals surface area contributed by atoms with Gasteiger partial charge in [0, 0.05) is 21.7 Å². The van der Waals surface area contributed by atoms with Crippen molar-refractivity contribution in [3.63, 3.8) is 0 Å². The monoisotopic (exact) mass is 647 g/mol. The second-order valence-electron chi connectivity index (χ2n) is 13.4. The molecule has 0 atom stereocenters. The molecular formula is C48H29N3. The maximum atomic E-state index is 5.38. The fourth-order valence-corrected chi connectivity index (χ4v) is 8.17. The van der Waals surface area contributed by atoms with Gasteiger partial charge in [0.2, 0.25) is 5.95 Å². The van der Waals surface area contributed by atoms with Crippen molar-refractivity contribution in [3.05, 3.63) is 176 Å². The van der Waals surface area contributed by atoms with Gasteiger partial charge in [0.15, 0.2) is 0 Å². The molecule has 3 nitrogen and oxygen atoms in total. The number of aromatic nitrogens is 3. The molecule has 2 heterocycles. The maximum absolute atomic E-state index is 5.38. The second-order valence-corrected chi connectivity index (χ2v) is 13.4. The van der Waals surface area contributed by atoms with E-state index >= 15 is 0 Å². The Labute approximate surface area is 293 Å². The third-order valence-electron chi connectivity index (χ3n) is 10.6. The van der Waals surface area contributed by atoms with Crippen LogP contribution in [-0.2, 0) is 0 Å². The summed E-state index contributed by atoms with van der Waals surface area (Å²) in [6.45, 7) is 0. The summed E-state index contributed by atoms with van der Waals surface area (Å²) >= 11 is 0. The number of para-hydroxylation sites is 2. The molecule has 51 heavy (non-hydrogen) atoms. The molecule has 0 bridgehead atoms. The molecule has 0 spiro atoms. The lowest BCUT2D eigenvalue weighted by molar-refractivity contribution is 1.01. The molecule has 0 N–H and O–H groups in total. The average Bonchev–Trinajstić information content (AvgIpc) is 3.52. The van der Waals surface area contributed by atoms with Crippen LogP contribution < -0.4 is 0 Å². The van der Waals surface area contributed by atoms with Gasteiger partial charge in [0.05, 0.1) is 22.2 Å². The van der Waals surface area contributed by atoms with E-state index in [9.17, 15) is 0 Å². The molecule has 0 aliphatic heterocycles. The maximum Gasteiger partial charge on any atom is 0.235 e. The molecule has 3 heteroatoms. The van der Waals surface area contributed by atoms with Gasteiger partial charge in [0.25, 0.3) is 0 Å². The number of rotatable bonds is 3. The standard InChI is InChI=1S/C48H29N3/c1-3-13-35-30(10-1)12-9-17-36(35)32-20-22-33(23-21-32)47-41-16-5-7-18-44(41)49-48(50-47)51-45-19-8-6-15-40(45)43-29-42-34(28-46(43)51)25-27-38-37-14-4-2-11-31(37)24-26-39(38)42/h1-29H. The normalized spacial score (nSPS) is 11.9. The largest absolute Gasteiger partial charge is 0.278 e. The Bertz CT molecular complexity index is 3180. The quantitative estimate of drug-likeness (QED) is 0.179. The van der Waals surface area contributed by atoms with E-state index in [1.54, 1.807) is 0 Å². The van der Waals surface area contributed by atoms with Crippen molar-refractivity contribution in [2.24, 2.45) is 0 Å². The van der Waals surface area contributed by atoms with E-state index in [0.29, 0.717) is 5.95 Å². The third-order valence-corrected chi connectivity index (χ3v) is 10.6. The first-order valence-corrected chi connectivity index (χ1v) is 17.4. The molecule has 0 aliphatic carbocycles. The van der Waals surface area contributed by atoms with E-state index in [1.807, 2.05) is 0 Å². The van der Waals surface area contributed by atoms with Crippen molar-refractivity contribution in [1.82, 2.24) is 14.5 Å². The van der Waals surface area contributed by atoms with Crippen LogP contribution in [0.1, 0.15) is 0 Å². The Balaban J connectivity index is 1.13. The minimum atomic E-state index is 0.666. The van der Waals surface area contributed by atoms with Gasteiger partial charge in [-0.2, -0.15) is 0 Å². The zero-order chi connectivity index (χ0) is 33.5. The number of hydrogen-bond acceptors (Lipinski definition) is 2. The highest BCUT2D eigenvalue weighted by Gasteiger charge is 2.19. The van der Waals surface area contributed by atoms with Gasteiger partial charge in [-0.1, -0.05) is 152 Å². The minimum Gasteiger partial charge on any atom is -0.278 e. The molecule has 0 radical (unpaired) electrons. The van der Waals surface area contributed by atoms with Crippen molar-refractivity contribution in [2.45, 2.75) is 0 Å². The molecule has 2 aromatic heterocycles. The molecule has 236 valence electrons. The first-order chi connectivity index (χ1) is 25.3. The third kappa shape index (κ3) is 4.25. The first-order valence-electron chi connectivity index (χ1n) is 17.4. The first kappa shape index (κ1) is 28.0. The van der Waals surface area contributed by atoms with Gasteiger partial charge in [-0.25, -0.2) is 9.97 Å². The van der Waals surface area contributed by atoms with Crippen LogP contribution in [0, 0.1) is 0 Å². The highest BCUT2D eigenvalue weighted by atomic mass is 15.2. The van der Waals surface area contributed by atoms with Gasteiger partial charge in [-0.05, 0) is 78.5 Å². The molecule has 0 unspecified atom stereocenters. The van der Waals surface area contributed by atoms with E-state index < -0.39 is 0 Å². The molecule has 0 saturated heterocycles. The second kappa shape index (κ2) is 10.8. The smallest absolute Gasteiger partial charge is 0.235 e. The number of hydrogen-bond donors (Lipinski definition) is 0. The molecule has 0 aliphatic rings. The fourth-order valence-electron chi connectivity index (χ4n) is 8.17. The van der Waals surface area contributed by atoms with E-state index in [1.165, 1.54) is 65.0 Å². The summed E-state index contributed by atoms with van der Waals surface area (Å²) in [6.07, 6.45) is 0. The Hall–Kier alpha value is -6.84. The van der Waals surface area contributed by atoms with Gasteiger partial charge in [-0.15, -0.1) is 0 Å². The number of benzene rings is 9. The van der Waals surface area contributed by atoms with Crippen molar-refractivity contribution in [2.75, 3.05) is 0 Å². The Morgan fingerprint density at radius 1 is 0.333 bits per heavy atom. The predicted octanol–water partition coefficient (Wildman–Crippen LogP) is 12.7. The average molecular weight is 648 g/mol.